The van der Waals surface area contributed by atoms with E-state index < -0.39 is 34.9 Å². The lowest BCUT2D eigenvalue weighted by atomic mass is 9.71. The third-order valence-electron chi connectivity index (χ3n) is 7.77. The maximum Gasteiger partial charge on any atom is 0.303 e. The molecule has 1 fully saturated rings. The van der Waals surface area contributed by atoms with Gasteiger partial charge in [0.15, 0.2) is 11.6 Å². The van der Waals surface area contributed by atoms with Crippen molar-refractivity contribution in [2.24, 2.45) is 11.1 Å². The van der Waals surface area contributed by atoms with Gasteiger partial charge in [0.2, 0.25) is 0 Å². The summed E-state index contributed by atoms with van der Waals surface area (Å²) in [5.74, 6) is -2.90. The number of thioether (sulfide) groups is 1. The second-order valence-electron chi connectivity index (χ2n) is 10.3. The van der Waals surface area contributed by atoms with Gasteiger partial charge in [-0.2, -0.15) is 0 Å². The molecule has 0 saturated carbocycles. The number of pyridine rings is 1. The minimum Gasteiger partial charge on any atom is -0.497 e. The van der Waals surface area contributed by atoms with Gasteiger partial charge >= 0.3 is 5.97 Å². The van der Waals surface area contributed by atoms with E-state index in [1.807, 2.05) is 12.1 Å². The van der Waals surface area contributed by atoms with Gasteiger partial charge in [-0.05, 0) is 79.6 Å². The smallest absolute Gasteiger partial charge is 0.303 e. The van der Waals surface area contributed by atoms with Crippen molar-refractivity contribution < 1.29 is 32.9 Å². The number of piperidine rings is 1. The predicted octanol–water partition coefficient (Wildman–Crippen LogP) is 5.28. The molecule has 1 aliphatic heterocycles. The number of ether oxygens (including phenoxy) is 1. The van der Waals surface area contributed by atoms with Crippen LogP contribution in [0.5, 0.6) is 5.75 Å². The summed E-state index contributed by atoms with van der Waals surface area (Å²) in [5.41, 5.74) is 7.60. The lowest BCUT2D eigenvalue weighted by Gasteiger charge is -2.41. The largest absolute Gasteiger partial charge is 0.497 e. The molecule has 0 bridgehead atoms. The highest BCUT2D eigenvalue weighted by Gasteiger charge is 2.37. The maximum absolute atomic E-state index is 13.9. The first-order valence-electron chi connectivity index (χ1n) is 13.2. The molecule has 0 amide bonds. The molecule has 1 saturated heterocycles. The highest BCUT2D eigenvalue weighted by Crippen LogP contribution is 2.42. The van der Waals surface area contributed by atoms with Crippen LogP contribution in [0.1, 0.15) is 49.3 Å². The average molecular weight is 578 g/mol. The summed E-state index contributed by atoms with van der Waals surface area (Å²) in [6, 6.07) is 6.96. The molecule has 1 aliphatic rings. The molecule has 2 heterocycles. The molecule has 3 aromatic rings. The number of hydrogen-bond acceptors (Lipinski definition) is 7. The zero-order valence-corrected chi connectivity index (χ0v) is 23.2. The molecule has 0 spiro atoms. The number of benzene rings is 2. The Bertz CT molecular complexity index is 1350. The van der Waals surface area contributed by atoms with Crippen LogP contribution in [-0.4, -0.2) is 58.6 Å². The van der Waals surface area contributed by atoms with Crippen molar-refractivity contribution in [3.8, 4) is 5.75 Å². The zero-order valence-electron chi connectivity index (χ0n) is 22.3. The Morgan fingerprint density at radius 1 is 1.23 bits per heavy atom. The molecular weight excluding hydrogens is 543 g/mol. The third kappa shape index (κ3) is 7.06. The molecule has 1 atom stereocenters. The lowest BCUT2D eigenvalue weighted by molar-refractivity contribution is -0.141. The van der Waals surface area contributed by atoms with Crippen LogP contribution in [0.2, 0.25) is 0 Å². The summed E-state index contributed by atoms with van der Waals surface area (Å²) in [7, 11) is 1.57. The second kappa shape index (κ2) is 13.2. The van der Waals surface area contributed by atoms with Gasteiger partial charge in [-0.15, -0.1) is 11.8 Å². The molecule has 216 valence electrons. The van der Waals surface area contributed by atoms with Crippen LogP contribution >= 0.6 is 11.8 Å². The predicted molar refractivity (Wildman–Crippen MR) is 148 cm³/mol. The van der Waals surface area contributed by atoms with Crippen molar-refractivity contribution in [2.75, 3.05) is 32.5 Å². The van der Waals surface area contributed by atoms with Gasteiger partial charge in [0.1, 0.15) is 11.6 Å². The van der Waals surface area contributed by atoms with E-state index >= 15 is 0 Å². The fraction of sp³-hybridized carbons (Fsp3) is 0.448. The number of fused-ring (bicyclic) bond motifs is 1. The molecule has 0 radical (unpaired) electrons. The summed E-state index contributed by atoms with van der Waals surface area (Å²) in [6.45, 7) is 2.03. The van der Waals surface area contributed by atoms with Crippen LogP contribution in [0.15, 0.2) is 41.4 Å². The second-order valence-corrected chi connectivity index (χ2v) is 11.4. The third-order valence-corrected chi connectivity index (χ3v) is 8.76. The van der Waals surface area contributed by atoms with Crippen LogP contribution in [0.4, 0.5) is 13.2 Å². The Morgan fingerprint density at radius 2 is 1.98 bits per heavy atom. The van der Waals surface area contributed by atoms with E-state index in [0.717, 1.165) is 28.8 Å². The first kappa shape index (κ1) is 30.1. The molecule has 4 rings (SSSR count). The van der Waals surface area contributed by atoms with Gasteiger partial charge in [0.25, 0.3) is 0 Å². The number of carbonyl (C=O) groups is 1. The summed E-state index contributed by atoms with van der Waals surface area (Å²) in [4.78, 5) is 18.3. The normalized spacial score (nSPS) is 16.2. The van der Waals surface area contributed by atoms with E-state index in [4.69, 9.17) is 10.5 Å². The summed E-state index contributed by atoms with van der Waals surface area (Å²) >= 11 is 1.05. The molecule has 2 aromatic carbocycles. The van der Waals surface area contributed by atoms with E-state index in [0.29, 0.717) is 74.0 Å². The van der Waals surface area contributed by atoms with Crippen molar-refractivity contribution in [2.45, 2.75) is 49.6 Å². The van der Waals surface area contributed by atoms with Crippen molar-refractivity contribution in [3.63, 3.8) is 0 Å². The van der Waals surface area contributed by atoms with Gasteiger partial charge in [0.05, 0.1) is 25.2 Å². The topological polar surface area (TPSA) is 109 Å². The highest BCUT2D eigenvalue weighted by molar-refractivity contribution is 7.99. The Kier molecular flexibility index (Phi) is 9.94. The number of hydrogen-bond donors (Lipinski definition) is 3. The molecule has 11 heteroatoms. The first-order valence-corrected chi connectivity index (χ1v) is 14.2. The Morgan fingerprint density at radius 3 is 2.65 bits per heavy atom. The molecule has 4 N–H and O–H groups in total. The Balaban J connectivity index is 1.41. The SMILES string of the molecule is COc1ccc2ncc(CN)c([C@H](O)CCC3(CC(=O)O)CCN(CCSc4cc(F)cc(F)c4F)CC3)c2c1. The molecule has 7 nitrogen and oxygen atoms in total. The standard InChI is InChI=1S/C29H34F3N3O4S/c1-39-20-2-3-23-21(14-20)27(18(16-33)17-34-23)24(36)4-5-29(15-26(37)38)6-8-35(9-7-29)10-11-40-25-13-19(30)12-22(31)28(25)32/h2-3,12-14,17,24,36H,4-11,15-16,33H2,1H3,(H,37,38)/t24-/m1/s1. The number of aromatic nitrogens is 1. The van der Waals surface area contributed by atoms with E-state index in [1.165, 1.54) is 0 Å². The fourth-order valence-electron chi connectivity index (χ4n) is 5.51. The number of halogens is 3. The number of aliphatic carboxylic acids is 1. The molecule has 40 heavy (non-hydrogen) atoms. The Hall–Kier alpha value is -2.86. The van der Waals surface area contributed by atoms with Crippen LogP contribution in [0.25, 0.3) is 10.9 Å². The summed E-state index contributed by atoms with van der Waals surface area (Å²) < 4.78 is 46.2. The number of carboxylic acids is 1. The summed E-state index contributed by atoms with van der Waals surface area (Å²) in [5, 5.41) is 21.8. The Labute approximate surface area is 235 Å². The van der Waals surface area contributed by atoms with Crippen LogP contribution in [-0.2, 0) is 11.3 Å². The van der Waals surface area contributed by atoms with E-state index in [1.54, 1.807) is 19.4 Å². The van der Waals surface area contributed by atoms with Gasteiger partial charge < -0.3 is 25.6 Å². The van der Waals surface area contributed by atoms with Crippen molar-refractivity contribution in [1.82, 2.24) is 9.88 Å². The van der Waals surface area contributed by atoms with Gasteiger partial charge in [0, 0.05) is 41.4 Å². The van der Waals surface area contributed by atoms with E-state index in [9.17, 15) is 28.2 Å². The first-order chi connectivity index (χ1) is 19.1. The number of aliphatic hydroxyl groups is 1. The number of rotatable bonds is 12. The maximum atomic E-state index is 13.9. The van der Waals surface area contributed by atoms with Gasteiger partial charge in [-0.3, -0.25) is 9.78 Å². The summed E-state index contributed by atoms with van der Waals surface area (Å²) in [6.07, 6.45) is 2.90. The van der Waals surface area contributed by atoms with Crippen LogP contribution < -0.4 is 10.5 Å². The molecule has 0 unspecified atom stereocenters. The number of aliphatic hydroxyl groups excluding tert-OH is 1. The van der Waals surface area contributed by atoms with E-state index in [-0.39, 0.29) is 17.9 Å². The molecule has 1 aromatic heterocycles. The van der Waals surface area contributed by atoms with Crippen LogP contribution in [0.3, 0.4) is 0 Å². The molecule has 0 aliphatic carbocycles. The van der Waals surface area contributed by atoms with Crippen molar-refractivity contribution in [1.29, 1.82) is 0 Å². The minimum atomic E-state index is -1.21. The quantitative estimate of drug-likeness (QED) is 0.197. The number of methoxy groups -OCH3 is 1. The lowest BCUT2D eigenvalue weighted by Crippen LogP contribution is -2.42. The highest BCUT2D eigenvalue weighted by atomic mass is 32.2. The average Bonchev–Trinajstić information content (AvgIpc) is 2.94. The van der Waals surface area contributed by atoms with E-state index in [2.05, 4.69) is 9.88 Å². The molecular formula is C29H34F3N3O4S. The number of nitrogens with two attached hydrogens (primary N) is 1. The van der Waals surface area contributed by atoms with Gasteiger partial charge in [-0.1, -0.05) is 0 Å². The minimum absolute atomic E-state index is 0.00917. The number of nitrogens with zero attached hydrogens (tertiary/aromatic N) is 2. The number of likely N-dealkylation sites (tertiary alicyclic amines) is 1. The van der Waals surface area contributed by atoms with Crippen molar-refractivity contribution in [3.05, 3.63) is 65.1 Å². The van der Waals surface area contributed by atoms with Crippen molar-refractivity contribution >= 4 is 28.6 Å². The fourth-order valence-corrected chi connectivity index (χ4v) is 6.50. The monoisotopic (exact) mass is 577 g/mol. The zero-order chi connectivity index (χ0) is 28.9. The van der Waals surface area contributed by atoms with Crippen LogP contribution in [0, 0.1) is 22.9 Å². The number of carboxylic acid groups (broad SMARTS) is 1. The van der Waals surface area contributed by atoms with Gasteiger partial charge in [-0.25, -0.2) is 13.2 Å².